The molecule has 4 bridgehead atoms. The van der Waals surface area contributed by atoms with E-state index in [1.807, 2.05) is 23.7 Å². The van der Waals surface area contributed by atoms with Gasteiger partial charge in [0.15, 0.2) is 17.2 Å². The van der Waals surface area contributed by atoms with Crippen molar-refractivity contribution in [3.05, 3.63) is 36.3 Å². The topological polar surface area (TPSA) is 128 Å². The molecule has 3 aromatic heterocycles. The van der Waals surface area contributed by atoms with Crippen LogP contribution in [0.15, 0.2) is 30.6 Å². The molecule has 4 heterocycles. The average molecular weight is 507 g/mol. The minimum Gasteiger partial charge on any atom is -0.495 e. The molecule has 1 atom stereocenters. The van der Waals surface area contributed by atoms with Crippen molar-refractivity contribution in [3.63, 3.8) is 0 Å². The smallest absolute Gasteiger partial charge is 0.414 e. The van der Waals surface area contributed by atoms with Gasteiger partial charge in [-0.2, -0.15) is 5.10 Å². The summed E-state index contributed by atoms with van der Waals surface area (Å²) < 4.78 is 14.5. The summed E-state index contributed by atoms with van der Waals surface area (Å²) in [6.45, 7) is 7.95. The number of hydrogen-bond acceptors (Lipinski definition) is 8. The zero-order valence-electron chi connectivity index (χ0n) is 21.7. The molecule has 37 heavy (non-hydrogen) atoms. The van der Waals surface area contributed by atoms with Crippen LogP contribution in [0.4, 0.5) is 22.0 Å². The van der Waals surface area contributed by atoms with Gasteiger partial charge in [0.05, 0.1) is 36.4 Å². The lowest BCUT2D eigenvalue weighted by Gasteiger charge is -2.25. The Labute approximate surface area is 213 Å². The van der Waals surface area contributed by atoms with Gasteiger partial charge in [-0.1, -0.05) is 0 Å². The monoisotopic (exact) mass is 506 g/mol. The van der Waals surface area contributed by atoms with Gasteiger partial charge in [0.1, 0.15) is 11.4 Å². The number of carbonyl (C=O) groups excluding carboxylic acids is 2. The summed E-state index contributed by atoms with van der Waals surface area (Å²) in [4.78, 5) is 31.9. The number of benzene rings is 1. The highest BCUT2D eigenvalue weighted by Gasteiger charge is 2.26. The minimum atomic E-state index is -0.689. The van der Waals surface area contributed by atoms with Crippen molar-refractivity contribution in [1.29, 1.82) is 0 Å². The van der Waals surface area contributed by atoms with E-state index < -0.39 is 11.7 Å². The quantitative estimate of drug-likeness (QED) is 0.421. The van der Waals surface area contributed by atoms with E-state index in [-0.39, 0.29) is 17.6 Å². The van der Waals surface area contributed by atoms with Crippen molar-refractivity contribution >= 4 is 45.7 Å². The Kier molecular flexibility index (Phi) is 5.89. The van der Waals surface area contributed by atoms with Crippen molar-refractivity contribution in [2.45, 2.75) is 52.3 Å². The maximum Gasteiger partial charge on any atom is 0.414 e. The number of methoxy groups -OCH3 is 1. The van der Waals surface area contributed by atoms with E-state index in [1.165, 1.54) is 15.6 Å². The van der Waals surface area contributed by atoms with Crippen molar-refractivity contribution in [3.8, 4) is 5.75 Å². The predicted octanol–water partition coefficient (Wildman–Crippen LogP) is 3.72. The summed E-state index contributed by atoms with van der Waals surface area (Å²) in [6, 6.07) is 5.41. The molecule has 1 aliphatic rings. The van der Waals surface area contributed by atoms with Crippen LogP contribution in [0, 0.1) is 0 Å². The van der Waals surface area contributed by atoms with Gasteiger partial charge in [-0.15, -0.1) is 5.10 Å². The summed E-state index contributed by atoms with van der Waals surface area (Å²) in [5.74, 6) is 0.646. The van der Waals surface area contributed by atoms with Crippen molar-refractivity contribution in [2.75, 3.05) is 24.4 Å². The first-order chi connectivity index (χ1) is 17.5. The lowest BCUT2D eigenvalue weighted by Crippen LogP contribution is -2.35. The first-order valence-electron chi connectivity index (χ1n) is 12.0. The van der Waals surface area contributed by atoms with Gasteiger partial charge >= 0.3 is 6.09 Å². The fraction of sp³-hybridized carbons (Fsp3) is 0.400. The van der Waals surface area contributed by atoms with Gasteiger partial charge in [0, 0.05) is 31.1 Å². The predicted molar refractivity (Wildman–Crippen MR) is 139 cm³/mol. The lowest BCUT2D eigenvalue weighted by molar-refractivity contribution is 0.0589. The molecule has 2 amide bonds. The van der Waals surface area contributed by atoms with Crippen molar-refractivity contribution in [1.82, 2.24) is 29.7 Å². The Balaban J connectivity index is 1.70. The number of aromatic nitrogens is 5. The summed E-state index contributed by atoms with van der Waals surface area (Å²) in [5, 5.41) is 16.4. The number of nitrogens with one attached hydrogen (secondary N) is 2. The molecule has 0 saturated heterocycles. The number of amides is 2. The average Bonchev–Trinajstić information content (AvgIpc) is 3.43. The molecule has 0 fully saturated rings. The second kappa shape index (κ2) is 8.95. The van der Waals surface area contributed by atoms with Crippen LogP contribution in [0.2, 0.25) is 0 Å². The molecular weight excluding hydrogens is 476 g/mol. The van der Waals surface area contributed by atoms with Gasteiger partial charge in [0.2, 0.25) is 0 Å². The summed E-state index contributed by atoms with van der Waals surface area (Å²) in [5.41, 5.74) is 1.87. The van der Waals surface area contributed by atoms with E-state index in [0.29, 0.717) is 41.6 Å². The Bertz CT molecular complexity index is 1520. The van der Waals surface area contributed by atoms with Crippen LogP contribution in [0.3, 0.4) is 0 Å². The molecule has 1 aliphatic heterocycles. The van der Waals surface area contributed by atoms with Crippen LogP contribution in [0.5, 0.6) is 5.75 Å². The third kappa shape index (κ3) is 4.61. The zero-order chi connectivity index (χ0) is 26.5. The van der Waals surface area contributed by atoms with Crippen molar-refractivity contribution in [2.24, 2.45) is 0 Å². The zero-order valence-corrected chi connectivity index (χ0v) is 21.7. The molecule has 2 N–H and O–H groups in total. The number of aryl methyl sites for hydroxylation is 1. The maximum absolute atomic E-state index is 13.2. The van der Waals surface area contributed by atoms with E-state index >= 15 is 0 Å². The Morgan fingerprint density at radius 1 is 1.22 bits per heavy atom. The fourth-order valence-corrected chi connectivity index (χ4v) is 4.22. The van der Waals surface area contributed by atoms with E-state index in [9.17, 15) is 9.59 Å². The molecule has 5 rings (SSSR count). The van der Waals surface area contributed by atoms with E-state index in [0.717, 1.165) is 10.9 Å². The largest absolute Gasteiger partial charge is 0.495 e. The molecule has 0 radical (unpaired) electrons. The highest BCUT2D eigenvalue weighted by molar-refractivity contribution is 5.97. The normalized spacial score (nSPS) is 15.9. The van der Waals surface area contributed by atoms with Crippen LogP contribution in [-0.2, 0) is 11.3 Å². The minimum absolute atomic E-state index is 0.136. The molecule has 0 saturated carbocycles. The van der Waals surface area contributed by atoms with Gasteiger partial charge in [-0.05, 0) is 46.2 Å². The number of hydrogen-bond donors (Lipinski definition) is 2. The third-order valence-electron chi connectivity index (χ3n) is 6.09. The molecule has 194 valence electrons. The number of nitrogens with zero attached hydrogens (tertiary/aromatic N) is 6. The van der Waals surface area contributed by atoms with Crippen LogP contribution >= 0.6 is 0 Å². The Morgan fingerprint density at radius 2 is 2.00 bits per heavy atom. The van der Waals surface area contributed by atoms with E-state index in [1.54, 1.807) is 47.2 Å². The summed E-state index contributed by atoms with van der Waals surface area (Å²) in [6.07, 6.45) is 3.34. The van der Waals surface area contributed by atoms with E-state index in [2.05, 4.69) is 25.8 Å². The molecule has 0 aliphatic carbocycles. The highest BCUT2D eigenvalue weighted by Crippen LogP contribution is 2.34. The Hall–Kier alpha value is -4.35. The number of carbonyl (C=O) groups is 2. The van der Waals surface area contributed by atoms with Crippen LogP contribution in [-0.4, -0.2) is 62.2 Å². The Morgan fingerprint density at radius 3 is 2.73 bits per heavy atom. The SMILES string of the molecule is COc1cc2cnn3c2cc1Nc1cc(N(C)C(=O)OC(C)(C)C)c2ncc(n2n1)C(=O)NC(C)CC3. The summed E-state index contributed by atoms with van der Waals surface area (Å²) >= 11 is 0. The number of ether oxygens (including phenoxy) is 2. The second-order valence-electron chi connectivity index (χ2n) is 10.1. The van der Waals surface area contributed by atoms with Gasteiger partial charge in [0.25, 0.3) is 5.91 Å². The van der Waals surface area contributed by atoms with Gasteiger partial charge in [-0.3, -0.25) is 14.4 Å². The first kappa shape index (κ1) is 24.3. The first-order valence-corrected chi connectivity index (χ1v) is 12.0. The number of rotatable bonds is 2. The standard InChI is InChI=1S/C25H30N8O4/c1-14-7-8-32-17-10-16(20(36-6)9-15(17)12-27-32)29-21-11-18(31(5)24(35)37-25(2,3)4)22-26-13-19(23(34)28-14)33(22)30-21/h9-14H,7-8H2,1-6H3,(H,28,34)(H,29,30). The maximum atomic E-state index is 13.2. The van der Waals surface area contributed by atoms with Crippen LogP contribution < -0.4 is 20.3 Å². The third-order valence-corrected chi connectivity index (χ3v) is 6.09. The van der Waals surface area contributed by atoms with Gasteiger partial charge < -0.3 is 20.1 Å². The molecule has 0 spiro atoms. The fourth-order valence-electron chi connectivity index (χ4n) is 4.22. The molecule has 1 aromatic carbocycles. The molecule has 12 heteroatoms. The van der Waals surface area contributed by atoms with Crippen LogP contribution in [0.1, 0.15) is 44.6 Å². The summed E-state index contributed by atoms with van der Waals surface area (Å²) in [7, 11) is 3.18. The molecular formula is C25H30N8O4. The molecule has 1 unspecified atom stereocenters. The number of anilines is 3. The molecule has 12 nitrogen and oxygen atoms in total. The second-order valence-corrected chi connectivity index (χ2v) is 10.1. The highest BCUT2D eigenvalue weighted by atomic mass is 16.6. The molecule has 4 aromatic rings. The van der Waals surface area contributed by atoms with Crippen LogP contribution in [0.25, 0.3) is 16.6 Å². The number of fused-ring (bicyclic) bond motifs is 2. The number of imidazole rings is 1. The lowest BCUT2D eigenvalue weighted by atomic mass is 10.2. The van der Waals surface area contributed by atoms with Crippen molar-refractivity contribution < 1.29 is 19.1 Å². The van der Waals surface area contributed by atoms with E-state index in [4.69, 9.17) is 9.47 Å². The van der Waals surface area contributed by atoms with Gasteiger partial charge in [-0.25, -0.2) is 14.3 Å².